The van der Waals surface area contributed by atoms with Gasteiger partial charge in [0.15, 0.2) is 0 Å². The van der Waals surface area contributed by atoms with Crippen molar-refractivity contribution in [3.8, 4) is 16.9 Å². The third-order valence-electron chi connectivity index (χ3n) is 5.26. The van der Waals surface area contributed by atoms with Crippen molar-refractivity contribution in [1.82, 2.24) is 15.1 Å². The van der Waals surface area contributed by atoms with Crippen LogP contribution in [0.1, 0.15) is 49.8 Å². The lowest BCUT2D eigenvalue weighted by Crippen LogP contribution is -2.29. The first-order valence-corrected chi connectivity index (χ1v) is 9.70. The van der Waals surface area contributed by atoms with Crippen LogP contribution in [0.5, 0.6) is 0 Å². The lowest BCUT2D eigenvalue weighted by Gasteiger charge is -2.23. The summed E-state index contributed by atoms with van der Waals surface area (Å²) in [5.74, 6) is 0.924. The second kappa shape index (κ2) is 7.46. The Labute approximate surface area is 156 Å². The van der Waals surface area contributed by atoms with E-state index >= 15 is 0 Å². The SMILES string of the molecule is CC(C)c1c(C2CCCNC2)nn(-c2ccccc2)c1-c1ccccc1. The molecule has 0 saturated carbocycles. The van der Waals surface area contributed by atoms with Crippen LogP contribution in [0.4, 0.5) is 0 Å². The number of nitrogens with one attached hydrogen (secondary N) is 1. The van der Waals surface area contributed by atoms with Crippen molar-refractivity contribution in [1.29, 1.82) is 0 Å². The van der Waals surface area contributed by atoms with E-state index in [4.69, 9.17) is 5.10 Å². The largest absolute Gasteiger partial charge is 0.316 e. The van der Waals surface area contributed by atoms with Crippen LogP contribution < -0.4 is 5.32 Å². The summed E-state index contributed by atoms with van der Waals surface area (Å²) in [4.78, 5) is 0. The normalized spacial score (nSPS) is 17.6. The van der Waals surface area contributed by atoms with E-state index in [1.807, 2.05) is 0 Å². The molecule has 0 bridgehead atoms. The summed E-state index contributed by atoms with van der Waals surface area (Å²) >= 11 is 0. The summed E-state index contributed by atoms with van der Waals surface area (Å²) in [6.07, 6.45) is 2.44. The van der Waals surface area contributed by atoms with Gasteiger partial charge in [-0.1, -0.05) is 62.4 Å². The molecule has 0 aliphatic carbocycles. The fraction of sp³-hybridized carbons (Fsp3) is 0.348. The summed E-state index contributed by atoms with van der Waals surface area (Å²) in [5.41, 5.74) is 6.28. The van der Waals surface area contributed by atoms with Gasteiger partial charge in [-0.2, -0.15) is 5.10 Å². The van der Waals surface area contributed by atoms with Gasteiger partial charge >= 0.3 is 0 Å². The summed E-state index contributed by atoms with van der Waals surface area (Å²) in [7, 11) is 0. The highest BCUT2D eigenvalue weighted by Crippen LogP contribution is 2.38. The molecule has 26 heavy (non-hydrogen) atoms. The molecule has 1 fully saturated rings. The Balaban J connectivity index is 1.95. The van der Waals surface area contributed by atoms with E-state index in [0.29, 0.717) is 11.8 Å². The van der Waals surface area contributed by atoms with Crippen molar-refractivity contribution in [2.45, 2.75) is 38.5 Å². The fourth-order valence-corrected chi connectivity index (χ4v) is 4.03. The van der Waals surface area contributed by atoms with Gasteiger partial charge in [-0.3, -0.25) is 0 Å². The summed E-state index contributed by atoms with van der Waals surface area (Å²) in [6, 6.07) is 21.2. The molecule has 1 aromatic heterocycles. The molecule has 0 amide bonds. The molecule has 1 saturated heterocycles. The minimum atomic E-state index is 0.430. The van der Waals surface area contributed by atoms with Crippen LogP contribution in [0, 0.1) is 0 Å². The number of hydrogen-bond donors (Lipinski definition) is 1. The maximum Gasteiger partial charge on any atom is 0.0778 e. The molecule has 134 valence electrons. The first kappa shape index (κ1) is 17.0. The lowest BCUT2D eigenvalue weighted by molar-refractivity contribution is 0.450. The molecule has 0 radical (unpaired) electrons. The molecule has 0 spiro atoms. The summed E-state index contributed by atoms with van der Waals surface area (Å²) in [5, 5.41) is 8.74. The van der Waals surface area contributed by atoms with Gasteiger partial charge in [0, 0.05) is 23.6 Å². The molecule has 1 unspecified atom stereocenters. The number of nitrogens with zero attached hydrogens (tertiary/aromatic N) is 2. The van der Waals surface area contributed by atoms with Gasteiger partial charge in [0.05, 0.1) is 17.1 Å². The van der Waals surface area contributed by atoms with Crippen LogP contribution in [0.25, 0.3) is 16.9 Å². The van der Waals surface area contributed by atoms with E-state index < -0.39 is 0 Å². The highest BCUT2D eigenvalue weighted by molar-refractivity contribution is 5.68. The second-order valence-electron chi connectivity index (χ2n) is 7.46. The van der Waals surface area contributed by atoms with Gasteiger partial charge in [0.1, 0.15) is 0 Å². The van der Waals surface area contributed by atoms with E-state index in [1.54, 1.807) is 0 Å². The van der Waals surface area contributed by atoms with Crippen LogP contribution >= 0.6 is 0 Å². The Morgan fingerprint density at radius 1 is 1.00 bits per heavy atom. The molecule has 3 aromatic rings. The monoisotopic (exact) mass is 345 g/mol. The maximum atomic E-state index is 5.18. The second-order valence-corrected chi connectivity index (χ2v) is 7.46. The number of benzene rings is 2. The molecule has 1 atom stereocenters. The Morgan fingerprint density at radius 3 is 2.31 bits per heavy atom. The van der Waals surface area contributed by atoms with Gasteiger partial charge in [-0.05, 0) is 37.4 Å². The van der Waals surface area contributed by atoms with Gasteiger partial charge in [-0.25, -0.2) is 4.68 Å². The van der Waals surface area contributed by atoms with Crippen LogP contribution in [-0.4, -0.2) is 22.9 Å². The third kappa shape index (κ3) is 3.19. The minimum Gasteiger partial charge on any atom is -0.316 e. The summed E-state index contributed by atoms with van der Waals surface area (Å²) < 4.78 is 2.16. The number of para-hydroxylation sites is 1. The van der Waals surface area contributed by atoms with Crippen molar-refractivity contribution in [2.24, 2.45) is 0 Å². The molecule has 1 aliphatic heterocycles. The molecule has 1 aliphatic rings. The quantitative estimate of drug-likeness (QED) is 0.710. The standard InChI is InChI=1S/C23H27N3/c1-17(2)21-22(19-12-9-15-24-16-19)25-26(20-13-7-4-8-14-20)23(21)18-10-5-3-6-11-18/h3-8,10-11,13-14,17,19,24H,9,12,15-16H2,1-2H3. The Morgan fingerprint density at radius 2 is 1.69 bits per heavy atom. The van der Waals surface area contributed by atoms with Crippen molar-refractivity contribution in [2.75, 3.05) is 13.1 Å². The topological polar surface area (TPSA) is 29.9 Å². The molecular weight excluding hydrogens is 318 g/mol. The number of piperidine rings is 1. The fourth-order valence-electron chi connectivity index (χ4n) is 4.03. The zero-order chi connectivity index (χ0) is 17.9. The highest BCUT2D eigenvalue weighted by Gasteiger charge is 2.28. The van der Waals surface area contributed by atoms with Crippen molar-refractivity contribution >= 4 is 0 Å². The zero-order valence-corrected chi connectivity index (χ0v) is 15.7. The molecule has 1 N–H and O–H groups in total. The van der Waals surface area contributed by atoms with Crippen molar-refractivity contribution in [3.63, 3.8) is 0 Å². The predicted molar refractivity (Wildman–Crippen MR) is 108 cm³/mol. The van der Waals surface area contributed by atoms with Gasteiger partial charge in [0.2, 0.25) is 0 Å². The van der Waals surface area contributed by atoms with Crippen molar-refractivity contribution in [3.05, 3.63) is 71.9 Å². The van der Waals surface area contributed by atoms with Crippen LogP contribution in [-0.2, 0) is 0 Å². The molecular formula is C23H27N3. The average molecular weight is 345 g/mol. The van der Waals surface area contributed by atoms with E-state index in [1.165, 1.54) is 35.4 Å². The Hall–Kier alpha value is -2.39. The lowest BCUT2D eigenvalue weighted by atomic mass is 9.87. The van der Waals surface area contributed by atoms with E-state index in [2.05, 4.69) is 84.5 Å². The third-order valence-corrected chi connectivity index (χ3v) is 5.26. The van der Waals surface area contributed by atoms with Crippen LogP contribution in [0.2, 0.25) is 0 Å². The van der Waals surface area contributed by atoms with E-state index in [9.17, 15) is 0 Å². The predicted octanol–water partition coefficient (Wildman–Crippen LogP) is 5.13. The Kier molecular flexibility index (Phi) is 4.89. The maximum absolute atomic E-state index is 5.18. The minimum absolute atomic E-state index is 0.430. The van der Waals surface area contributed by atoms with Gasteiger partial charge in [-0.15, -0.1) is 0 Å². The van der Waals surface area contributed by atoms with Crippen molar-refractivity contribution < 1.29 is 0 Å². The van der Waals surface area contributed by atoms with Crippen LogP contribution in [0.3, 0.4) is 0 Å². The zero-order valence-electron chi connectivity index (χ0n) is 15.7. The average Bonchev–Trinajstić information content (AvgIpc) is 3.11. The molecule has 2 aromatic carbocycles. The summed E-state index contributed by atoms with van der Waals surface area (Å²) in [6.45, 7) is 6.73. The molecule has 3 heteroatoms. The first-order valence-electron chi connectivity index (χ1n) is 9.70. The number of aromatic nitrogens is 2. The van der Waals surface area contributed by atoms with Gasteiger partial charge < -0.3 is 5.32 Å². The van der Waals surface area contributed by atoms with E-state index in [-0.39, 0.29) is 0 Å². The van der Waals surface area contributed by atoms with Crippen LogP contribution in [0.15, 0.2) is 60.7 Å². The molecule has 3 nitrogen and oxygen atoms in total. The first-order chi connectivity index (χ1) is 12.8. The highest BCUT2D eigenvalue weighted by atomic mass is 15.3. The number of rotatable bonds is 4. The van der Waals surface area contributed by atoms with E-state index in [0.717, 1.165) is 18.8 Å². The molecule has 2 heterocycles. The van der Waals surface area contributed by atoms with Gasteiger partial charge in [0.25, 0.3) is 0 Å². The smallest absolute Gasteiger partial charge is 0.0778 e. The number of hydrogen-bond acceptors (Lipinski definition) is 2. The Bertz CT molecular complexity index is 844. The molecule has 4 rings (SSSR count).